The Morgan fingerprint density at radius 3 is 2.47 bits per heavy atom. The molecule has 0 fully saturated rings. The zero-order valence-electron chi connectivity index (χ0n) is 9.88. The van der Waals surface area contributed by atoms with Crippen LogP contribution in [0, 0.1) is 5.92 Å². The molecule has 0 aliphatic heterocycles. The highest BCUT2D eigenvalue weighted by Gasteiger charge is 2.02. The van der Waals surface area contributed by atoms with Crippen LogP contribution in [0.3, 0.4) is 0 Å². The van der Waals surface area contributed by atoms with E-state index in [0.717, 1.165) is 23.8 Å². The topological polar surface area (TPSA) is 37.0 Å². The van der Waals surface area contributed by atoms with Crippen LogP contribution in [0.1, 0.15) is 26.7 Å². The fourth-order valence-electron chi connectivity index (χ4n) is 1.51. The molecule has 0 unspecified atom stereocenters. The standard InChI is InChI=1S/C12H21N3/c1-4-10(5-2)7-15-12-6-11(13-3)8-14-9-12/h6,8-10,13,15H,4-5,7H2,1-3H3. The predicted molar refractivity (Wildman–Crippen MR) is 66.3 cm³/mol. The highest BCUT2D eigenvalue weighted by Crippen LogP contribution is 2.14. The maximum Gasteiger partial charge on any atom is 0.0547 e. The Morgan fingerprint density at radius 1 is 1.20 bits per heavy atom. The van der Waals surface area contributed by atoms with E-state index in [-0.39, 0.29) is 0 Å². The van der Waals surface area contributed by atoms with Crippen LogP contribution in [0.2, 0.25) is 0 Å². The highest BCUT2D eigenvalue weighted by molar-refractivity contribution is 5.53. The van der Waals surface area contributed by atoms with Gasteiger partial charge in [-0.3, -0.25) is 4.98 Å². The molecule has 3 heteroatoms. The Bertz CT molecular complexity index is 282. The van der Waals surface area contributed by atoms with Crippen LogP contribution < -0.4 is 10.6 Å². The third kappa shape index (κ3) is 3.78. The Morgan fingerprint density at radius 2 is 1.87 bits per heavy atom. The molecule has 3 nitrogen and oxygen atoms in total. The molecule has 0 aromatic carbocycles. The lowest BCUT2D eigenvalue weighted by molar-refractivity contribution is 0.519. The van der Waals surface area contributed by atoms with Crippen molar-refractivity contribution >= 4 is 11.4 Å². The minimum Gasteiger partial charge on any atom is -0.387 e. The molecular weight excluding hydrogens is 186 g/mol. The molecule has 0 radical (unpaired) electrons. The van der Waals surface area contributed by atoms with Crippen LogP contribution in [-0.2, 0) is 0 Å². The zero-order chi connectivity index (χ0) is 11.1. The lowest BCUT2D eigenvalue weighted by Crippen LogP contribution is -2.12. The molecule has 0 spiro atoms. The van der Waals surface area contributed by atoms with Crippen LogP contribution in [0.5, 0.6) is 0 Å². The second kappa shape index (κ2) is 6.27. The minimum absolute atomic E-state index is 0.753. The fraction of sp³-hybridized carbons (Fsp3) is 0.583. The van der Waals surface area contributed by atoms with Crippen molar-refractivity contribution in [1.82, 2.24) is 4.98 Å². The molecule has 15 heavy (non-hydrogen) atoms. The van der Waals surface area contributed by atoms with Crippen molar-refractivity contribution in [1.29, 1.82) is 0 Å². The number of rotatable bonds is 6. The molecule has 1 aromatic heterocycles. The van der Waals surface area contributed by atoms with E-state index < -0.39 is 0 Å². The molecule has 84 valence electrons. The summed E-state index contributed by atoms with van der Waals surface area (Å²) in [5, 5.41) is 6.50. The molecule has 0 bridgehead atoms. The van der Waals surface area contributed by atoms with Gasteiger partial charge in [0.2, 0.25) is 0 Å². The number of nitrogens with zero attached hydrogens (tertiary/aromatic N) is 1. The van der Waals surface area contributed by atoms with Gasteiger partial charge in [0.25, 0.3) is 0 Å². The molecule has 0 aliphatic rings. The molecule has 0 atom stereocenters. The highest BCUT2D eigenvalue weighted by atomic mass is 14.9. The number of hydrogen-bond donors (Lipinski definition) is 2. The summed E-state index contributed by atoms with van der Waals surface area (Å²) in [6.07, 6.45) is 6.14. The van der Waals surface area contributed by atoms with Gasteiger partial charge in [0.05, 0.1) is 23.8 Å². The molecule has 0 aliphatic carbocycles. The van der Waals surface area contributed by atoms with E-state index in [0.29, 0.717) is 0 Å². The van der Waals surface area contributed by atoms with Crippen molar-refractivity contribution in [3.63, 3.8) is 0 Å². The molecule has 1 rings (SSSR count). The van der Waals surface area contributed by atoms with Crippen molar-refractivity contribution < 1.29 is 0 Å². The number of pyridine rings is 1. The second-order valence-corrected chi connectivity index (χ2v) is 3.78. The number of anilines is 2. The number of nitrogens with one attached hydrogen (secondary N) is 2. The maximum absolute atomic E-state index is 4.16. The summed E-state index contributed by atoms with van der Waals surface area (Å²) < 4.78 is 0. The summed E-state index contributed by atoms with van der Waals surface area (Å²) in [5.74, 6) is 0.753. The van der Waals surface area contributed by atoms with Crippen molar-refractivity contribution in [3.8, 4) is 0 Å². The van der Waals surface area contributed by atoms with Gasteiger partial charge in [-0.1, -0.05) is 26.7 Å². The van der Waals surface area contributed by atoms with E-state index in [1.807, 2.05) is 19.4 Å². The summed E-state index contributed by atoms with van der Waals surface area (Å²) in [6.45, 7) is 5.50. The second-order valence-electron chi connectivity index (χ2n) is 3.78. The lowest BCUT2D eigenvalue weighted by atomic mass is 10.0. The minimum atomic E-state index is 0.753. The molecular formula is C12H21N3. The summed E-state index contributed by atoms with van der Waals surface area (Å²) in [5.41, 5.74) is 2.14. The zero-order valence-corrected chi connectivity index (χ0v) is 9.88. The van der Waals surface area contributed by atoms with Gasteiger partial charge in [0.1, 0.15) is 0 Å². The van der Waals surface area contributed by atoms with Gasteiger partial charge in [0.15, 0.2) is 0 Å². The van der Waals surface area contributed by atoms with E-state index in [1.54, 1.807) is 0 Å². The summed E-state index contributed by atoms with van der Waals surface area (Å²) >= 11 is 0. The summed E-state index contributed by atoms with van der Waals surface area (Å²) in [6, 6.07) is 2.08. The smallest absolute Gasteiger partial charge is 0.0547 e. The third-order valence-corrected chi connectivity index (χ3v) is 2.78. The van der Waals surface area contributed by atoms with Crippen LogP contribution in [-0.4, -0.2) is 18.6 Å². The van der Waals surface area contributed by atoms with Gasteiger partial charge in [0, 0.05) is 13.6 Å². The fourth-order valence-corrected chi connectivity index (χ4v) is 1.51. The molecule has 2 N–H and O–H groups in total. The maximum atomic E-state index is 4.16. The monoisotopic (exact) mass is 207 g/mol. The SMILES string of the molecule is CCC(CC)CNc1cncc(NC)c1. The Balaban J connectivity index is 2.49. The van der Waals surface area contributed by atoms with Crippen LogP contribution in [0.15, 0.2) is 18.5 Å². The van der Waals surface area contributed by atoms with Gasteiger partial charge in [-0.25, -0.2) is 0 Å². The van der Waals surface area contributed by atoms with Crippen LogP contribution in [0.4, 0.5) is 11.4 Å². The van der Waals surface area contributed by atoms with Crippen molar-refractivity contribution in [3.05, 3.63) is 18.5 Å². The van der Waals surface area contributed by atoms with E-state index >= 15 is 0 Å². The number of aromatic nitrogens is 1. The van der Waals surface area contributed by atoms with E-state index in [1.165, 1.54) is 12.8 Å². The molecule has 0 saturated heterocycles. The first-order chi connectivity index (χ1) is 7.30. The quantitative estimate of drug-likeness (QED) is 0.753. The van der Waals surface area contributed by atoms with Crippen LogP contribution in [0.25, 0.3) is 0 Å². The van der Waals surface area contributed by atoms with Crippen molar-refractivity contribution in [2.45, 2.75) is 26.7 Å². The van der Waals surface area contributed by atoms with Crippen LogP contribution >= 0.6 is 0 Å². The van der Waals surface area contributed by atoms with Crippen molar-refractivity contribution in [2.24, 2.45) is 5.92 Å². The van der Waals surface area contributed by atoms with Crippen molar-refractivity contribution in [2.75, 3.05) is 24.2 Å². The van der Waals surface area contributed by atoms with Gasteiger partial charge in [-0.05, 0) is 12.0 Å². The summed E-state index contributed by atoms with van der Waals surface area (Å²) in [7, 11) is 1.90. The van der Waals surface area contributed by atoms with Gasteiger partial charge < -0.3 is 10.6 Å². The lowest BCUT2D eigenvalue weighted by Gasteiger charge is -2.14. The molecule has 1 heterocycles. The first kappa shape index (κ1) is 11.8. The molecule has 0 saturated carbocycles. The van der Waals surface area contributed by atoms with Gasteiger partial charge >= 0.3 is 0 Å². The molecule has 0 amide bonds. The van der Waals surface area contributed by atoms with E-state index in [9.17, 15) is 0 Å². The first-order valence-electron chi connectivity index (χ1n) is 5.66. The number of hydrogen-bond acceptors (Lipinski definition) is 3. The van der Waals surface area contributed by atoms with Gasteiger partial charge in [-0.2, -0.15) is 0 Å². The Hall–Kier alpha value is -1.25. The Labute approximate surface area is 92.3 Å². The predicted octanol–water partition coefficient (Wildman–Crippen LogP) is 2.97. The average molecular weight is 207 g/mol. The Kier molecular flexibility index (Phi) is 4.95. The molecule has 1 aromatic rings. The largest absolute Gasteiger partial charge is 0.387 e. The normalized spacial score (nSPS) is 10.4. The third-order valence-electron chi connectivity index (χ3n) is 2.78. The van der Waals surface area contributed by atoms with Gasteiger partial charge in [-0.15, -0.1) is 0 Å². The first-order valence-corrected chi connectivity index (χ1v) is 5.66. The summed E-state index contributed by atoms with van der Waals surface area (Å²) in [4.78, 5) is 4.16. The van der Waals surface area contributed by atoms with E-state index in [4.69, 9.17) is 0 Å². The average Bonchev–Trinajstić information content (AvgIpc) is 2.31. The van der Waals surface area contributed by atoms with E-state index in [2.05, 4.69) is 35.5 Å².